The van der Waals surface area contributed by atoms with E-state index in [9.17, 15) is 4.79 Å². The molecule has 4 heteroatoms. The van der Waals surface area contributed by atoms with Crippen LogP contribution in [0.5, 0.6) is 0 Å². The Morgan fingerprint density at radius 3 is 2.50 bits per heavy atom. The van der Waals surface area contributed by atoms with Crippen molar-refractivity contribution in [2.24, 2.45) is 11.8 Å². The lowest BCUT2D eigenvalue weighted by Gasteiger charge is -2.38. The summed E-state index contributed by atoms with van der Waals surface area (Å²) in [6.07, 6.45) is 10.5. The molecule has 0 bridgehead atoms. The number of likely N-dealkylation sites (tertiary alicyclic amines) is 1. The van der Waals surface area contributed by atoms with Crippen molar-refractivity contribution in [1.29, 1.82) is 0 Å². The molecule has 0 aromatic carbocycles. The first kappa shape index (κ1) is 14.2. The van der Waals surface area contributed by atoms with Crippen LogP contribution in [0, 0.1) is 11.8 Å². The Kier molecular flexibility index (Phi) is 4.49. The Bertz CT molecular complexity index is 337. The van der Waals surface area contributed by atoms with Gasteiger partial charge in [0.25, 0.3) is 0 Å². The van der Waals surface area contributed by atoms with Crippen molar-refractivity contribution in [2.45, 2.75) is 63.5 Å². The third-order valence-corrected chi connectivity index (χ3v) is 5.16. The van der Waals surface area contributed by atoms with Crippen LogP contribution in [0.25, 0.3) is 0 Å². The van der Waals surface area contributed by atoms with Gasteiger partial charge in [-0.05, 0) is 37.5 Å². The predicted molar refractivity (Wildman–Crippen MR) is 78.6 cm³/mol. The van der Waals surface area contributed by atoms with E-state index in [1.807, 2.05) is 4.90 Å². The molecule has 114 valence electrons. The molecule has 2 atom stereocenters. The van der Waals surface area contributed by atoms with Gasteiger partial charge in [-0.3, -0.25) is 0 Å². The van der Waals surface area contributed by atoms with Gasteiger partial charge in [-0.1, -0.05) is 25.7 Å². The molecular weight excluding hydrogens is 252 g/mol. The minimum atomic E-state index is -0.149. The number of carbonyl (C=O) groups excluding carboxylic acids is 1. The van der Waals surface area contributed by atoms with Gasteiger partial charge in [0.05, 0.1) is 7.11 Å². The molecule has 0 aromatic rings. The summed E-state index contributed by atoms with van der Waals surface area (Å²) in [5.41, 5.74) is 0. The fourth-order valence-corrected chi connectivity index (χ4v) is 4.02. The zero-order valence-corrected chi connectivity index (χ0v) is 12.6. The van der Waals surface area contributed by atoms with Gasteiger partial charge >= 0.3 is 6.09 Å². The molecule has 2 saturated carbocycles. The standard InChI is InChI=1S/C16H28N2O2/c1-20-16(19)18-10-13(8-12-6-7-12)9-15(11-18)17-14-4-2-3-5-14/h12-15,17H,2-11H2,1H3. The van der Waals surface area contributed by atoms with Gasteiger partial charge in [0.15, 0.2) is 0 Å². The first-order valence-corrected chi connectivity index (χ1v) is 8.33. The van der Waals surface area contributed by atoms with Crippen LogP contribution in [0.15, 0.2) is 0 Å². The maximum absolute atomic E-state index is 11.9. The van der Waals surface area contributed by atoms with Crippen LogP contribution in [0.4, 0.5) is 4.79 Å². The summed E-state index contributed by atoms with van der Waals surface area (Å²) in [4.78, 5) is 13.8. The average molecular weight is 280 g/mol. The van der Waals surface area contributed by atoms with Gasteiger partial charge in [0, 0.05) is 25.2 Å². The van der Waals surface area contributed by atoms with Crippen LogP contribution < -0.4 is 5.32 Å². The van der Waals surface area contributed by atoms with Crippen molar-refractivity contribution >= 4 is 6.09 Å². The number of hydrogen-bond donors (Lipinski definition) is 1. The third kappa shape index (κ3) is 3.66. The molecule has 1 saturated heterocycles. The molecular formula is C16H28N2O2. The number of amides is 1. The molecule has 2 aliphatic carbocycles. The van der Waals surface area contributed by atoms with Gasteiger partial charge in [-0.15, -0.1) is 0 Å². The fraction of sp³-hybridized carbons (Fsp3) is 0.938. The summed E-state index contributed by atoms with van der Waals surface area (Å²) in [6.45, 7) is 1.72. The summed E-state index contributed by atoms with van der Waals surface area (Å²) in [5, 5.41) is 3.80. The summed E-state index contributed by atoms with van der Waals surface area (Å²) >= 11 is 0. The average Bonchev–Trinajstić information content (AvgIpc) is 3.11. The second-order valence-electron chi connectivity index (χ2n) is 7.00. The van der Waals surface area contributed by atoms with Gasteiger partial charge in [0.2, 0.25) is 0 Å². The number of piperidine rings is 1. The molecule has 2 unspecified atom stereocenters. The van der Waals surface area contributed by atoms with E-state index in [2.05, 4.69) is 5.32 Å². The number of ether oxygens (including phenoxy) is 1. The van der Waals surface area contributed by atoms with Gasteiger partial charge in [-0.25, -0.2) is 4.79 Å². The molecule has 1 aliphatic heterocycles. The van der Waals surface area contributed by atoms with Crippen molar-refractivity contribution in [3.05, 3.63) is 0 Å². The smallest absolute Gasteiger partial charge is 0.409 e. The first-order chi connectivity index (χ1) is 9.74. The molecule has 4 nitrogen and oxygen atoms in total. The quantitative estimate of drug-likeness (QED) is 0.861. The lowest BCUT2D eigenvalue weighted by atomic mass is 9.89. The summed E-state index contributed by atoms with van der Waals surface area (Å²) in [5.74, 6) is 1.60. The minimum Gasteiger partial charge on any atom is -0.453 e. The number of carbonyl (C=O) groups is 1. The van der Waals surface area contributed by atoms with Crippen LogP contribution in [-0.4, -0.2) is 43.3 Å². The zero-order valence-electron chi connectivity index (χ0n) is 12.6. The van der Waals surface area contributed by atoms with Crippen LogP contribution in [0.3, 0.4) is 0 Å². The molecule has 0 radical (unpaired) electrons. The van der Waals surface area contributed by atoms with Gasteiger partial charge in [0.1, 0.15) is 0 Å². The molecule has 1 heterocycles. The highest BCUT2D eigenvalue weighted by atomic mass is 16.5. The molecule has 3 aliphatic rings. The molecule has 1 N–H and O–H groups in total. The Morgan fingerprint density at radius 1 is 1.10 bits per heavy atom. The van der Waals surface area contributed by atoms with E-state index in [1.54, 1.807) is 0 Å². The Morgan fingerprint density at radius 2 is 1.85 bits per heavy atom. The van der Waals surface area contributed by atoms with Crippen LogP contribution >= 0.6 is 0 Å². The van der Waals surface area contributed by atoms with E-state index < -0.39 is 0 Å². The number of nitrogens with one attached hydrogen (secondary N) is 1. The van der Waals surface area contributed by atoms with E-state index in [-0.39, 0.29) is 6.09 Å². The lowest BCUT2D eigenvalue weighted by Crippen LogP contribution is -2.53. The number of rotatable bonds is 4. The van der Waals surface area contributed by atoms with Gasteiger partial charge < -0.3 is 15.0 Å². The SMILES string of the molecule is COC(=O)N1CC(CC2CC2)CC(NC2CCCC2)C1. The highest BCUT2D eigenvalue weighted by molar-refractivity contribution is 5.67. The van der Waals surface area contributed by atoms with E-state index in [0.29, 0.717) is 18.0 Å². The minimum absolute atomic E-state index is 0.149. The normalized spacial score (nSPS) is 31.6. The first-order valence-electron chi connectivity index (χ1n) is 8.33. The van der Waals surface area contributed by atoms with E-state index >= 15 is 0 Å². The largest absolute Gasteiger partial charge is 0.453 e. The molecule has 20 heavy (non-hydrogen) atoms. The molecule has 0 spiro atoms. The van der Waals surface area contributed by atoms with Crippen LogP contribution in [0.1, 0.15) is 51.4 Å². The summed E-state index contributed by atoms with van der Waals surface area (Å²) < 4.78 is 4.94. The van der Waals surface area contributed by atoms with Crippen molar-refractivity contribution in [1.82, 2.24) is 10.2 Å². The number of hydrogen-bond acceptors (Lipinski definition) is 3. The van der Waals surface area contributed by atoms with Crippen molar-refractivity contribution < 1.29 is 9.53 Å². The Hall–Kier alpha value is -0.770. The van der Waals surface area contributed by atoms with E-state index in [0.717, 1.165) is 19.0 Å². The van der Waals surface area contributed by atoms with Gasteiger partial charge in [-0.2, -0.15) is 0 Å². The van der Waals surface area contributed by atoms with Crippen LogP contribution in [0.2, 0.25) is 0 Å². The van der Waals surface area contributed by atoms with Crippen molar-refractivity contribution in [3.8, 4) is 0 Å². The monoisotopic (exact) mass is 280 g/mol. The fourth-order valence-electron chi connectivity index (χ4n) is 4.02. The summed E-state index contributed by atoms with van der Waals surface area (Å²) in [7, 11) is 1.49. The number of nitrogens with zero attached hydrogens (tertiary/aromatic N) is 1. The highest BCUT2D eigenvalue weighted by Gasteiger charge is 2.35. The van der Waals surface area contributed by atoms with E-state index in [4.69, 9.17) is 4.74 Å². The molecule has 0 aromatic heterocycles. The molecule has 1 amide bonds. The predicted octanol–water partition coefficient (Wildman–Crippen LogP) is 2.78. The second-order valence-corrected chi connectivity index (χ2v) is 7.00. The maximum Gasteiger partial charge on any atom is 0.409 e. The van der Waals surface area contributed by atoms with Crippen molar-refractivity contribution in [2.75, 3.05) is 20.2 Å². The summed E-state index contributed by atoms with van der Waals surface area (Å²) in [6, 6.07) is 1.15. The van der Waals surface area contributed by atoms with Crippen LogP contribution in [-0.2, 0) is 4.74 Å². The van der Waals surface area contributed by atoms with Crippen molar-refractivity contribution in [3.63, 3.8) is 0 Å². The maximum atomic E-state index is 11.9. The lowest BCUT2D eigenvalue weighted by molar-refractivity contribution is 0.0859. The third-order valence-electron chi connectivity index (χ3n) is 5.16. The Balaban J connectivity index is 1.57. The molecule has 3 rings (SSSR count). The second kappa shape index (κ2) is 6.33. The highest BCUT2D eigenvalue weighted by Crippen LogP contribution is 2.38. The zero-order chi connectivity index (χ0) is 13.9. The molecule has 3 fully saturated rings. The number of methoxy groups -OCH3 is 1. The topological polar surface area (TPSA) is 41.6 Å². The Labute approximate surface area is 122 Å². The van der Waals surface area contributed by atoms with E-state index in [1.165, 1.54) is 58.5 Å².